The van der Waals surface area contributed by atoms with E-state index in [1.807, 2.05) is 17.0 Å². The van der Waals surface area contributed by atoms with E-state index in [1.165, 1.54) is 6.42 Å². The summed E-state index contributed by atoms with van der Waals surface area (Å²) in [6.07, 6.45) is 4.95. The molecule has 1 aliphatic heterocycles. The van der Waals surface area contributed by atoms with Crippen molar-refractivity contribution < 1.29 is 4.79 Å². The number of anilines is 2. The van der Waals surface area contributed by atoms with Gasteiger partial charge in [-0.3, -0.25) is 9.78 Å². The van der Waals surface area contributed by atoms with Crippen LogP contribution in [0.5, 0.6) is 0 Å². The van der Waals surface area contributed by atoms with Crippen molar-refractivity contribution in [1.82, 2.24) is 9.88 Å². The van der Waals surface area contributed by atoms with Crippen LogP contribution in [0, 0.1) is 0 Å². The van der Waals surface area contributed by atoms with Crippen LogP contribution < -0.4 is 5.32 Å². The zero-order valence-electron chi connectivity index (χ0n) is 12.6. The predicted molar refractivity (Wildman–Crippen MR) is 93.7 cm³/mol. The fourth-order valence-corrected chi connectivity index (χ4v) is 2.92. The zero-order chi connectivity index (χ0) is 16.2. The highest BCUT2D eigenvalue weighted by Gasteiger charge is 2.19. The third-order valence-corrected chi connectivity index (χ3v) is 4.57. The summed E-state index contributed by atoms with van der Waals surface area (Å²) in [7, 11) is 0. The molecule has 1 saturated heterocycles. The van der Waals surface area contributed by atoms with Crippen LogP contribution in [0.4, 0.5) is 11.4 Å². The fourth-order valence-electron chi connectivity index (χ4n) is 2.62. The van der Waals surface area contributed by atoms with Gasteiger partial charge in [-0.05, 0) is 49.6 Å². The molecule has 0 bridgehead atoms. The highest BCUT2D eigenvalue weighted by molar-refractivity contribution is 6.42. The zero-order valence-corrected chi connectivity index (χ0v) is 14.1. The van der Waals surface area contributed by atoms with Crippen molar-refractivity contribution in [2.75, 3.05) is 18.4 Å². The van der Waals surface area contributed by atoms with E-state index >= 15 is 0 Å². The quantitative estimate of drug-likeness (QED) is 0.868. The van der Waals surface area contributed by atoms with Gasteiger partial charge in [-0.2, -0.15) is 0 Å². The second kappa shape index (κ2) is 7.20. The normalized spacial score (nSPS) is 14.6. The molecule has 4 nitrogen and oxygen atoms in total. The van der Waals surface area contributed by atoms with Crippen molar-refractivity contribution in [1.29, 1.82) is 0 Å². The molecule has 0 spiro atoms. The summed E-state index contributed by atoms with van der Waals surface area (Å²) in [6, 6.07) is 8.89. The van der Waals surface area contributed by atoms with Gasteiger partial charge in [-0.15, -0.1) is 0 Å². The number of nitrogens with zero attached hydrogens (tertiary/aromatic N) is 2. The van der Waals surface area contributed by atoms with E-state index in [4.69, 9.17) is 23.2 Å². The Morgan fingerprint density at radius 1 is 1.00 bits per heavy atom. The number of rotatable bonds is 3. The lowest BCUT2D eigenvalue weighted by Gasteiger charge is -2.26. The number of hydrogen-bond donors (Lipinski definition) is 1. The lowest BCUT2D eigenvalue weighted by atomic mass is 10.1. The topological polar surface area (TPSA) is 45.2 Å². The van der Waals surface area contributed by atoms with Gasteiger partial charge in [-0.25, -0.2) is 0 Å². The Kier molecular flexibility index (Phi) is 5.03. The highest BCUT2D eigenvalue weighted by atomic mass is 35.5. The number of hydrogen-bond acceptors (Lipinski definition) is 3. The Bertz CT molecular complexity index is 715. The summed E-state index contributed by atoms with van der Waals surface area (Å²) in [5, 5.41) is 4.21. The summed E-state index contributed by atoms with van der Waals surface area (Å²) < 4.78 is 0. The average molecular weight is 350 g/mol. The van der Waals surface area contributed by atoms with Crippen LogP contribution in [0.2, 0.25) is 10.0 Å². The van der Waals surface area contributed by atoms with E-state index in [0.717, 1.165) is 37.3 Å². The van der Waals surface area contributed by atoms with Gasteiger partial charge < -0.3 is 10.2 Å². The summed E-state index contributed by atoms with van der Waals surface area (Å²) >= 11 is 11.9. The van der Waals surface area contributed by atoms with Crippen LogP contribution in [0.25, 0.3) is 0 Å². The highest BCUT2D eigenvalue weighted by Crippen LogP contribution is 2.27. The van der Waals surface area contributed by atoms with Gasteiger partial charge in [-0.1, -0.05) is 23.2 Å². The van der Waals surface area contributed by atoms with Gasteiger partial charge in [0.1, 0.15) is 5.69 Å². The maximum atomic E-state index is 12.5. The molecule has 0 saturated carbocycles. The number of halogens is 2. The number of amides is 1. The van der Waals surface area contributed by atoms with Gasteiger partial charge in [0.15, 0.2) is 0 Å². The maximum Gasteiger partial charge on any atom is 0.272 e. The van der Waals surface area contributed by atoms with E-state index in [1.54, 1.807) is 24.4 Å². The molecule has 0 atom stereocenters. The fraction of sp³-hybridized carbons (Fsp3) is 0.294. The number of carbonyl (C=O) groups is 1. The second-order valence-corrected chi connectivity index (χ2v) is 6.35. The Morgan fingerprint density at radius 3 is 2.48 bits per heavy atom. The van der Waals surface area contributed by atoms with Crippen molar-refractivity contribution in [3.8, 4) is 0 Å². The second-order valence-electron chi connectivity index (χ2n) is 5.54. The first-order chi connectivity index (χ1) is 11.1. The van der Waals surface area contributed by atoms with Crippen LogP contribution in [-0.4, -0.2) is 28.9 Å². The molecule has 0 aliphatic carbocycles. The molecule has 1 N–H and O–H groups in total. The van der Waals surface area contributed by atoms with Crippen molar-refractivity contribution in [3.63, 3.8) is 0 Å². The summed E-state index contributed by atoms with van der Waals surface area (Å²) in [4.78, 5) is 18.6. The monoisotopic (exact) mass is 349 g/mol. The van der Waals surface area contributed by atoms with Gasteiger partial charge >= 0.3 is 0 Å². The Hall–Kier alpha value is -1.78. The molecule has 23 heavy (non-hydrogen) atoms. The molecule has 1 fully saturated rings. The number of nitrogens with one attached hydrogen (secondary N) is 1. The lowest BCUT2D eigenvalue weighted by molar-refractivity contribution is 0.0718. The Labute approximate surface area is 145 Å². The molecule has 0 radical (unpaired) electrons. The van der Waals surface area contributed by atoms with Crippen LogP contribution in [0.15, 0.2) is 36.5 Å². The lowest BCUT2D eigenvalue weighted by Crippen LogP contribution is -2.36. The SMILES string of the molecule is O=C(c1cc(Nc2ccc(Cl)c(Cl)c2)ccn1)N1CCCCC1. The van der Waals surface area contributed by atoms with Gasteiger partial charge in [0.2, 0.25) is 0 Å². The smallest absolute Gasteiger partial charge is 0.272 e. The van der Waals surface area contributed by atoms with E-state index in [2.05, 4.69) is 10.3 Å². The van der Waals surface area contributed by atoms with Gasteiger partial charge in [0.25, 0.3) is 5.91 Å². The number of aromatic nitrogens is 1. The maximum absolute atomic E-state index is 12.5. The Balaban J connectivity index is 1.76. The molecule has 3 rings (SSSR count). The molecule has 1 amide bonds. The summed E-state index contributed by atoms with van der Waals surface area (Å²) in [5.41, 5.74) is 2.05. The third kappa shape index (κ3) is 3.95. The minimum Gasteiger partial charge on any atom is -0.355 e. The largest absolute Gasteiger partial charge is 0.355 e. The molecule has 1 aromatic heterocycles. The summed E-state index contributed by atoms with van der Waals surface area (Å²) in [6.45, 7) is 1.62. The van der Waals surface area contributed by atoms with Crippen LogP contribution in [0.3, 0.4) is 0 Å². The van der Waals surface area contributed by atoms with Crippen molar-refractivity contribution >= 4 is 40.5 Å². The van der Waals surface area contributed by atoms with Crippen LogP contribution >= 0.6 is 23.2 Å². The first-order valence-corrected chi connectivity index (χ1v) is 8.36. The summed E-state index contributed by atoms with van der Waals surface area (Å²) in [5.74, 6) is -0.0116. The van der Waals surface area contributed by atoms with Gasteiger partial charge in [0, 0.05) is 30.7 Å². The number of pyridine rings is 1. The molecular weight excluding hydrogens is 333 g/mol. The molecule has 1 aromatic carbocycles. The molecule has 2 heterocycles. The predicted octanol–water partition coefficient (Wildman–Crippen LogP) is 4.76. The van der Waals surface area contributed by atoms with Gasteiger partial charge in [0.05, 0.1) is 10.0 Å². The molecular formula is C17H17Cl2N3O. The van der Waals surface area contributed by atoms with Crippen LogP contribution in [0.1, 0.15) is 29.8 Å². The molecule has 2 aromatic rings. The van der Waals surface area contributed by atoms with Crippen molar-refractivity contribution in [2.24, 2.45) is 0 Å². The first kappa shape index (κ1) is 16.1. The molecule has 1 aliphatic rings. The number of carbonyl (C=O) groups excluding carboxylic acids is 1. The van der Waals surface area contributed by atoms with Crippen molar-refractivity contribution in [3.05, 3.63) is 52.3 Å². The van der Waals surface area contributed by atoms with Crippen molar-refractivity contribution in [2.45, 2.75) is 19.3 Å². The molecule has 0 unspecified atom stereocenters. The number of benzene rings is 1. The minimum absolute atomic E-state index is 0.0116. The third-order valence-electron chi connectivity index (χ3n) is 3.83. The van der Waals surface area contributed by atoms with Crippen LogP contribution in [-0.2, 0) is 0 Å². The molecule has 120 valence electrons. The molecule has 6 heteroatoms. The first-order valence-electron chi connectivity index (χ1n) is 7.61. The van der Waals surface area contributed by atoms with E-state index in [9.17, 15) is 4.79 Å². The van der Waals surface area contributed by atoms with E-state index < -0.39 is 0 Å². The number of piperidine rings is 1. The average Bonchev–Trinajstić information content (AvgIpc) is 2.58. The van der Waals surface area contributed by atoms with E-state index in [0.29, 0.717) is 15.7 Å². The standard InChI is InChI=1S/C17H17Cl2N3O/c18-14-5-4-12(10-15(14)19)21-13-6-7-20-16(11-13)17(23)22-8-2-1-3-9-22/h4-7,10-11H,1-3,8-9H2,(H,20,21). The minimum atomic E-state index is -0.0116. The Morgan fingerprint density at radius 2 is 1.74 bits per heavy atom. The van der Waals surface area contributed by atoms with E-state index in [-0.39, 0.29) is 5.91 Å². The number of likely N-dealkylation sites (tertiary alicyclic amines) is 1.